The summed E-state index contributed by atoms with van der Waals surface area (Å²) >= 11 is 7.43. The van der Waals surface area contributed by atoms with Crippen molar-refractivity contribution in [2.45, 2.75) is 31.2 Å². The van der Waals surface area contributed by atoms with Gasteiger partial charge in [-0.25, -0.2) is 4.98 Å². The molecule has 0 aliphatic carbocycles. The van der Waals surface area contributed by atoms with Crippen molar-refractivity contribution in [1.82, 2.24) is 15.2 Å². The zero-order valence-corrected chi connectivity index (χ0v) is 13.1. The van der Waals surface area contributed by atoms with Gasteiger partial charge in [-0.1, -0.05) is 42.4 Å². The van der Waals surface area contributed by atoms with Gasteiger partial charge in [0.2, 0.25) is 5.16 Å². The van der Waals surface area contributed by atoms with Crippen molar-refractivity contribution in [2.24, 2.45) is 0 Å². The summed E-state index contributed by atoms with van der Waals surface area (Å²) in [7, 11) is 0. The maximum Gasteiger partial charge on any atom is 0.211 e. The number of aromatic nitrogens is 3. The van der Waals surface area contributed by atoms with Gasteiger partial charge in [-0.2, -0.15) is 0 Å². The van der Waals surface area contributed by atoms with Gasteiger partial charge in [-0.3, -0.25) is 0 Å². The molecule has 106 valence electrons. The average molecular weight is 309 g/mol. The van der Waals surface area contributed by atoms with E-state index in [2.05, 4.69) is 27.4 Å². The topological polar surface area (TPSA) is 50.7 Å². The Hall–Kier alpha value is -1.33. The van der Waals surface area contributed by atoms with Gasteiger partial charge in [0, 0.05) is 17.3 Å². The number of hydrogen-bond acceptors (Lipinski definition) is 5. The molecule has 0 saturated carbocycles. The lowest BCUT2D eigenvalue weighted by Gasteiger charge is -2.07. The van der Waals surface area contributed by atoms with E-state index in [1.807, 2.05) is 31.2 Å². The molecule has 6 heteroatoms. The molecule has 0 spiro atoms. The van der Waals surface area contributed by atoms with Crippen molar-refractivity contribution >= 4 is 29.2 Å². The van der Waals surface area contributed by atoms with Crippen LogP contribution in [0.5, 0.6) is 0 Å². The zero-order chi connectivity index (χ0) is 14.4. The molecule has 0 fully saturated rings. The molecular weight excluding hydrogens is 292 g/mol. The highest BCUT2D eigenvalue weighted by Gasteiger charge is 2.06. The first-order valence-electron chi connectivity index (χ1n) is 6.51. The third kappa shape index (κ3) is 4.35. The van der Waals surface area contributed by atoms with E-state index in [9.17, 15) is 0 Å². The second-order valence-corrected chi connectivity index (χ2v) is 5.75. The van der Waals surface area contributed by atoms with Gasteiger partial charge in [-0.15, -0.1) is 10.2 Å². The van der Waals surface area contributed by atoms with E-state index in [0.29, 0.717) is 5.16 Å². The van der Waals surface area contributed by atoms with Crippen LogP contribution >= 0.6 is 23.4 Å². The summed E-state index contributed by atoms with van der Waals surface area (Å²) in [6.07, 6.45) is 1.05. The number of anilines is 1. The van der Waals surface area contributed by atoms with E-state index in [1.165, 1.54) is 5.56 Å². The maximum atomic E-state index is 5.87. The second-order valence-electron chi connectivity index (χ2n) is 4.37. The molecule has 4 nitrogen and oxygen atoms in total. The Bertz CT molecular complexity index is 560. The minimum absolute atomic E-state index is 0.684. The summed E-state index contributed by atoms with van der Waals surface area (Å²) in [5.41, 5.74) is 2.01. The average Bonchev–Trinajstić information content (AvgIpc) is 2.46. The number of aryl methyl sites for hydroxylation is 1. The molecular formula is C14H17ClN4S. The highest BCUT2D eigenvalue weighted by atomic mass is 35.5. The second kappa shape index (κ2) is 7.45. The van der Waals surface area contributed by atoms with Crippen molar-refractivity contribution in [3.05, 3.63) is 40.5 Å². The lowest BCUT2D eigenvalue weighted by atomic mass is 10.2. The molecule has 2 aromatic rings. The van der Waals surface area contributed by atoms with Crippen LogP contribution in [0.4, 0.5) is 5.82 Å². The number of thioether (sulfide) groups is 1. The molecule has 1 aromatic heterocycles. The molecule has 2 rings (SSSR count). The minimum atomic E-state index is 0.684. The first-order chi connectivity index (χ1) is 9.69. The van der Waals surface area contributed by atoms with Gasteiger partial charge in [0.05, 0.1) is 0 Å². The lowest BCUT2D eigenvalue weighted by Crippen LogP contribution is -2.07. The summed E-state index contributed by atoms with van der Waals surface area (Å²) in [6.45, 7) is 4.92. The Kier molecular flexibility index (Phi) is 5.61. The lowest BCUT2D eigenvalue weighted by molar-refractivity contribution is 0.808. The number of nitrogens with zero attached hydrogens (tertiary/aromatic N) is 3. The van der Waals surface area contributed by atoms with Crippen LogP contribution in [0.15, 0.2) is 29.4 Å². The van der Waals surface area contributed by atoms with Crippen LogP contribution in [0.25, 0.3) is 0 Å². The van der Waals surface area contributed by atoms with Crippen LogP contribution in [0.1, 0.15) is 24.6 Å². The number of rotatable bonds is 6. The SMILES string of the molecule is CCCNc1nc(SCc2ccc(Cl)cc2)nnc1C. The van der Waals surface area contributed by atoms with Gasteiger partial charge in [0.1, 0.15) is 5.69 Å². The van der Waals surface area contributed by atoms with Crippen molar-refractivity contribution in [3.63, 3.8) is 0 Å². The first-order valence-corrected chi connectivity index (χ1v) is 7.88. The summed E-state index contributed by atoms with van der Waals surface area (Å²) in [6, 6.07) is 7.79. The minimum Gasteiger partial charge on any atom is -0.368 e. The molecule has 0 amide bonds. The van der Waals surface area contributed by atoms with Crippen LogP contribution in [-0.4, -0.2) is 21.7 Å². The predicted molar refractivity (Wildman–Crippen MR) is 84.4 cm³/mol. The maximum absolute atomic E-state index is 5.87. The van der Waals surface area contributed by atoms with E-state index >= 15 is 0 Å². The molecule has 1 aromatic carbocycles. The van der Waals surface area contributed by atoms with E-state index in [4.69, 9.17) is 11.6 Å². The Morgan fingerprint density at radius 3 is 2.65 bits per heavy atom. The largest absolute Gasteiger partial charge is 0.368 e. The monoisotopic (exact) mass is 308 g/mol. The predicted octanol–water partition coefficient (Wildman–Crippen LogP) is 3.95. The molecule has 0 atom stereocenters. The quantitative estimate of drug-likeness (QED) is 0.819. The molecule has 0 saturated heterocycles. The molecule has 20 heavy (non-hydrogen) atoms. The third-order valence-corrected chi connectivity index (χ3v) is 3.82. The fraction of sp³-hybridized carbons (Fsp3) is 0.357. The van der Waals surface area contributed by atoms with Crippen molar-refractivity contribution < 1.29 is 0 Å². The van der Waals surface area contributed by atoms with Crippen LogP contribution < -0.4 is 5.32 Å². The van der Waals surface area contributed by atoms with Gasteiger partial charge >= 0.3 is 0 Å². The van der Waals surface area contributed by atoms with Gasteiger partial charge < -0.3 is 5.32 Å². The van der Waals surface area contributed by atoms with Crippen LogP contribution in [0.2, 0.25) is 5.02 Å². The summed E-state index contributed by atoms with van der Waals surface area (Å²) in [4.78, 5) is 4.49. The smallest absolute Gasteiger partial charge is 0.211 e. The van der Waals surface area contributed by atoms with Gasteiger partial charge in [0.15, 0.2) is 5.82 Å². The Morgan fingerprint density at radius 1 is 1.20 bits per heavy atom. The van der Waals surface area contributed by atoms with Crippen LogP contribution in [0, 0.1) is 6.92 Å². The Labute approximate surface area is 128 Å². The summed E-state index contributed by atoms with van der Waals surface area (Å²) in [5, 5.41) is 13.0. The molecule has 0 radical (unpaired) electrons. The number of halogens is 1. The molecule has 1 heterocycles. The Balaban J connectivity index is 2.00. The van der Waals surface area contributed by atoms with Gasteiger partial charge in [-0.05, 0) is 31.0 Å². The fourth-order valence-electron chi connectivity index (χ4n) is 1.56. The van der Waals surface area contributed by atoms with Crippen molar-refractivity contribution in [2.75, 3.05) is 11.9 Å². The Morgan fingerprint density at radius 2 is 1.95 bits per heavy atom. The first kappa shape index (κ1) is 15.1. The fourth-order valence-corrected chi connectivity index (χ4v) is 2.43. The third-order valence-electron chi connectivity index (χ3n) is 2.66. The van der Waals surface area contributed by atoms with E-state index in [0.717, 1.165) is 35.3 Å². The van der Waals surface area contributed by atoms with E-state index in [1.54, 1.807) is 11.8 Å². The standard InChI is InChI=1S/C14H17ClN4S/c1-3-8-16-13-10(2)18-19-14(17-13)20-9-11-4-6-12(15)7-5-11/h4-7H,3,8-9H2,1-2H3,(H,16,17,19). The van der Waals surface area contributed by atoms with Crippen LogP contribution in [0.3, 0.4) is 0 Å². The summed E-state index contributed by atoms with van der Waals surface area (Å²) in [5.74, 6) is 1.62. The van der Waals surface area contributed by atoms with Crippen molar-refractivity contribution in [3.8, 4) is 0 Å². The highest BCUT2D eigenvalue weighted by molar-refractivity contribution is 7.98. The molecule has 1 N–H and O–H groups in total. The number of benzene rings is 1. The van der Waals surface area contributed by atoms with Crippen molar-refractivity contribution in [1.29, 1.82) is 0 Å². The number of hydrogen-bond donors (Lipinski definition) is 1. The molecule has 0 aliphatic rings. The summed E-state index contributed by atoms with van der Waals surface area (Å²) < 4.78 is 0. The molecule has 0 aliphatic heterocycles. The number of nitrogens with one attached hydrogen (secondary N) is 1. The zero-order valence-electron chi connectivity index (χ0n) is 11.6. The molecule has 0 bridgehead atoms. The molecule has 0 unspecified atom stereocenters. The van der Waals surface area contributed by atoms with E-state index < -0.39 is 0 Å². The normalized spacial score (nSPS) is 10.6. The highest BCUT2D eigenvalue weighted by Crippen LogP contribution is 2.21. The van der Waals surface area contributed by atoms with Crippen LogP contribution in [-0.2, 0) is 5.75 Å². The van der Waals surface area contributed by atoms with E-state index in [-0.39, 0.29) is 0 Å². The van der Waals surface area contributed by atoms with Gasteiger partial charge in [0.25, 0.3) is 0 Å².